The summed E-state index contributed by atoms with van der Waals surface area (Å²) in [6.45, 7) is 2.06. The van der Waals surface area contributed by atoms with Crippen molar-refractivity contribution < 1.29 is 4.79 Å². The van der Waals surface area contributed by atoms with Crippen molar-refractivity contribution in [2.75, 3.05) is 4.90 Å². The second-order valence-corrected chi connectivity index (χ2v) is 8.15. The minimum atomic E-state index is -0.0542. The fourth-order valence-corrected chi connectivity index (χ4v) is 4.61. The SMILES string of the molecule is Cc1ccc(N2C(=O)[C@@H](SCc3ccccc3)[C@H]2/C=C/c2ccccc2)cc1. The van der Waals surface area contributed by atoms with Crippen molar-refractivity contribution >= 4 is 29.4 Å². The molecule has 1 saturated heterocycles. The molecule has 0 radical (unpaired) electrons. The third kappa shape index (κ3) is 4.05. The van der Waals surface area contributed by atoms with Crippen molar-refractivity contribution in [2.45, 2.75) is 24.0 Å². The molecule has 28 heavy (non-hydrogen) atoms. The van der Waals surface area contributed by atoms with Crippen LogP contribution >= 0.6 is 11.8 Å². The lowest BCUT2D eigenvalue weighted by Gasteiger charge is -2.45. The Hall–Kier alpha value is -2.78. The summed E-state index contributed by atoms with van der Waals surface area (Å²) in [5.74, 6) is 1.03. The van der Waals surface area contributed by atoms with Gasteiger partial charge in [0.15, 0.2) is 0 Å². The van der Waals surface area contributed by atoms with Gasteiger partial charge in [0.25, 0.3) is 0 Å². The molecule has 0 aliphatic carbocycles. The number of amides is 1. The van der Waals surface area contributed by atoms with Gasteiger partial charge < -0.3 is 4.90 Å². The van der Waals surface area contributed by atoms with E-state index in [0.29, 0.717) is 0 Å². The van der Waals surface area contributed by atoms with Crippen molar-refractivity contribution in [1.29, 1.82) is 0 Å². The Balaban J connectivity index is 1.55. The highest BCUT2D eigenvalue weighted by atomic mass is 32.2. The van der Waals surface area contributed by atoms with Crippen molar-refractivity contribution in [2.24, 2.45) is 0 Å². The van der Waals surface area contributed by atoms with Gasteiger partial charge in [0.1, 0.15) is 5.25 Å². The third-order valence-corrected chi connectivity index (χ3v) is 6.30. The van der Waals surface area contributed by atoms with E-state index in [4.69, 9.17) is 0 Å². The fraction of sp³-hybridized carbons (Fsp3) is 0.160. The molecule has 1 heterocycles. The van der Waals surface area contributed by atoms with E-state index >= 15 is 0 Å². The Labute approximate surface area is 170 Å². The summed E-state index contributed by atoms with van der Waals surface area (Å²) in [5.41, 5.74) is 4.57. The van der Waals surface area contributed by atoms with E-state index in [1.54, 1.807) is 11.8 Å². The average Bonchev–Trinajstić information content (AvgIpc) is 2.74. The number of carbonyl (C=O) groups excluding carboxylic acids is 1. The summed E-state index contributed by atoms with van der Waals surface area (Å²) >= 11 is 1.73. The van der Waals surface area contributed by atoms with Crippen LogP contribution < -0.4 is 4.90 Å². The van der Waals surface area contributed by atoms with Crippen LogP contribution in [0.1, 0.15) is 16.7 Å². The quantitative estimate of drug-likeness (QED) is 0.505. The number of β-lactam (4-membered cyclic amide) rings is 1. The van der Waals surface area contributed by atoms with Gasteiger partial charge in [-0.2, -0.15) is 0 Å². The molecule has 0 aromatic heterocycles. The number of nitrogens with zero attached hydrogens (tertiary/aromatic N) is 1. The molecule has 1 aliphatic heterocycles. The Morgan fingerprint density at radius 1 is 0.893 bits per heavy atom. The van der Waals surface area contributed by atoms with Crippen LogP contribution in [0.5, 0.6) is 0 Å². The van der Waals surface area contributed by atoms with Crippen LogP contribution in [0.3, 0.4) is 0 Å². The molecule has 0 N–H and O–H groups in total. The monoisotopic (exact) mass is 385 g/mol. The Morgan fingerprint density at radius 3 is 2.21 bits per heavy atom. The maximum Gasteiger partial charge on any atom is 0.243 e. The summed E-state index contributed by atoms with van der Waals surface area (Å²) in [7, 11) is 0. The van der Waals surface area contributed by atoms with Crippen LogP contribution in [-0.4, -0.2) is 17.2 Å². The van der Waals surface area contributed by atoms with Crippen molar-refractivity contribution in [1.82, 2.24) is 0 Å². The maximum absolute atomic E-state index is 13.0. The lowest BCUT2D eigenvalue weighted by atomic mass is 9.98. The second kappa shape index (κ2) is 8.49. The lowest BCUT2D eigenvalue weighted by Crippen LogP contribution is -2.62. The van der Waals surface area contributed by atoms with Gasteiger partial charge in [0.05, 0.1) is 6.04 Å². The summed E-state index contributed by atoms with van der Waals surface area (Å²) in [6.07, 6.45) is 4.29. The zero-order chi connectivity index (χ0) is 19.3. The van der Waals surface area contributed by atoms with Crippen LogP contribution in [0.4, 0.5) is 5.69 Å². The fourth-order valence-electron chi connectivity index (χ4n) is 3.38. The molecule has 4 rings (SSSR count). The molecule has 0 spiro atoms. The molecule has 3 heteroatoms. The maximum atomic E-state index is 13.0. The molecular formula is C25H23NOS. The topological polar surface area (TPSA) is 20.3 Å². The number of carbonyl (C=O) groups is 1. The van der Waals surface area contributed by atoms with Gasteiger partial charge in [0, 0.05) is 11.4 Å². The number of anilines is 1. The molecule has 0 saturated carbocycles. The van der Waals surface area contributed by atoms with Crippen molar-refractivity contribution in [3.63, 3.8) is 0 Å². The van der Waals surface area contributed by atoms with Gasteiger partial charge in [0.2, 0.25) is 5.91 Å². The summed E-state index contributed by atoms with van der Waals surface area (Å²) in [4.78, 5) is 14.9. The largest absolute Gasteiger partial charge is 0.303 e. The van der Waals surface area contributed by atoms with Crippen LogP contribution in [0.2, 0.25) is 0 Å². The average molecular weight is 386 g/mol. The number of rotatable bonds is 6. The van der Waals surface area contributed by atoms with Crippen LogP contribution in [0, 0.1) is 6.92 Å². The molecule has 140 valence electrons. The molecule has 0 bridgehead atoms. The van der Waals surface area contributed by atoms with E-state index in [0.717, 1.165) is 17.0 Å². The van der Waals surface area contributed by atoms with Crippen LogP contribution in [0.15, 0.2) is 91.0 Å². The lowest BCUT2D eigenvalue weighted by molar-refractivity contribution is -0.122. The van der Waals surface area contributed by atoms with Gasteiger partial charge in [-0.3, -0.25) is 4.79 Å². The second-order valence-electron chi connectivity index (χ2n) is 7.02. The van der Waals surface area contributed by atoms with E-state index in [9.17, 15) is 4.79 Å². The molecule has 2 atom stereocenters. The highest BCUT2D eigenvalue weighted by molar-refractivity contribution is 8.00. The van der Waals surface area contributed by atoms with Crippen LogP contribution in [-0.2, 0) is 10.5 Å². The predicted octanol–water partition coefficient (Wildman–Crippen LogP) is 5.73. The van der Waals surface area contributed by atoms with E-state index < -0.39 is 0 Å². The first-order valence-electron chi connectivity index (χ1n) is 9.51. The first kappa shape index (κ1) is 18.6. The highest BCUT2D eigenvalue weighted by Gasteiger charge is 2.46. The van der Waals surface area contributed by atoms with E-state index in [1.807, 2.05) is 53.4 Å². The van der Waals surface area contributed by atoms with Crippen molar-refractivity contribution in [3.05, 3.63) is 108 Å². The van der Waals surface area contributed by atoms with Gasteiger partial charge in [-0.05, 0) is 30.2 Å². The van der Waals surface area contributed by atoms with Gasteiger partial charge in [-0.1, -0.05) is 90.5 Å². The molecule has 1 fully saturated rings. The molecule has 2 nitrogen and oxygen atoms in total. The molecule has 1 amide bonds. The summed E-state index contributed by atoms with van der Waals surface area (Å²) < 4.78 is 0. The highest BCUT2D eigenvalue weighted by Crippen LogP contribution is 2.38. The smallest absolute Gasteiger partial charge is 0.243 e. The molecule has 3 aromatic rings. The number of aryl methyl sites for hydroxylation is 1. The van der Waals surface area contributed by atoms with Gasteiger partial charge in [-0.25, -0.2) is 0 Å². The molecule has 3 aromatic carbocycles. The van der Waals surface area contributed by atoms with Crippen molar-refractivity contribution in [3.8, 4) is 0 Å². The number of hydrogen-bond donors (Lipinski definition) is 0. The first-order valence-corrected chi connectivity index (χ1v) is 10.6. The minimum absolute atomic E-state index is 0.0542. The summed E-state index contributed by atoms with van der Waals surface area (Å²) in [5, 5.41) is -0.0542. The number of thioether (sulfide) groups is 1. The molecule has 1 aliphatic rings. The van der Waals surface area contributed by atoms with E-state index in [2.05, 4.69) is 55.5 Å². The molecule has 0 unspecified atom stereocenters. The zero-order valence-corrected chi connectivity index (χ0v) is 16.7. The van der Waals surface area contributed by atoms with E-state index in [-0.39, 0.29) is 17.2 Å². The Kier molecular flexibility index (Phi) is 5.63. The first-order chi connectivity index (χ1) is 13.7. The van der Waals surface area contributed by atoms with Crippen LogP contribution in [0.25, 0.3) is 6.08 Å². The van der Waals surface area contributed by atoms with Gasteiger partial charge >= 0.3 is 0 Å². The van der Waals surface area contributed by atoms with E-state index in [1.165, 1.54) is 11.1 Å². The zero-order valence-electron chi connectivity index (χ0n) is 15.9. The molecular weight excluding hydrogens is 362 g/mol. The third-order valence-electron chi connectivity index (χ3n) is 4.96. The Morgan fingerprint density at radius 2 is 1.54 bits per heavy atom. The number of hydrogen-bond acceptors (Lipinski definition) is 2. The standard InChI is InChI=1S/C25H23NOS/c1-19-12-15-22(16-13-19)26-23(17-14-20-8-4-2-5-9-20)24(25(26)27)28-18-21-10-6-3-7-11-21/h2-17,23-24H,18H2,1H3/b17-14+/t23-,24+/m1/s1. The predicted molar refractivity (Wildman–Crippen MR) is 119 cm³/mol. The summed E-state index contributed by atoms with van der Waals surface area (Å²) in [6, 6.07) is 28.8. The normalized spacial score (nSPS) is 19.0. The van der Waals surface area contributed by atoms with Gasteiger partial charge in [-0.15, -0.1) is 11.8 Å². The number of benzene rings is 3. The Bertz CT molecular complexity index is 951. The minimum Gasteiger partial charge on any atom is -0.303 e.